The van der Waals surface area contributed by atoms with Crippen molar-refractivity contribution in [1.29, 1.82) is 0 Å². The molecule has 1 aromatic carbocycles. The quantitative estimate of drug-likeness (QED) is 0.377. The molecular formula is C15H20AuO+. The first-order valence-electron chi connectivity index (χ1n) is 6.12. The summed E-state index contributed by atoms with van der Waals surface area (Å²) >= 11 is 0. The van der Waals surface area contributed by atoms with Crippen LogP contribution in [0.3, 0.4) is 0 Å². The number of ketones is 1. The molecule has 0 aliphatic heterocycles. The van der Waals surface area contributed by atoms with E-state index in [4.69, 9.17) is 4.42 Å². The molecule has 2 heteroatoms. The summed E-state index contributed by atoms with van der Waals surface area (Å²) in [6.45, 7) is 8.29. The zero-order chi connectivity index (χ0) is 11.7. The van der Waals surface area contributed by atoms with Gasteiger partial charge in [0, 0.05) is 13.8 Å². The largest absolute Gasteiger partial charge is 1.00 e. The average molecular weight is 413 g/mol. The second kappa shape index (κ2) is 5.99. The van der Waals surface area contributed by atoms with Gasteiger partial charge in [-0.15, -0.1) is 5.56 Å². The van der Waals surface area contributed by atoms with E-state index in [1.807, 2.05) is 13.8 Å². The van der Waals surface area contributed by atoms with Gasteiger partial charge in [-0.2, -0.15) is 11.6 Å². The summed E-state index contributed by atoms with van der Waals surface area (Å²) in [5.41, 5.74) is 5.26. The fraction of sp³-hybridized carbons (Fsp3) is 0.533. The van der Waals surface area contributed by atoms with Crippen molar-refractivity contribution in [2.75, 3.05) is 0 Å². The van der Waals surface area contributed by atoms with Gasteiger partial charge in [-0.05, 0) is 5.56 Å². The summed E-state index contributed by atoms with van der Waals surface area (Å²) in [4.78, 5) is 0. The molecule has 0 aromatic heterocycles. The van der Waals surface area contributed by atoms with Crippen LogP contribution in [0.2, 0.25) is 0 Å². The number of benzene rings is 1. The second-order valence-electron chi connectivity index (χ2n) is 4.88. The summed E-state index contributed by atoms with van der Waals surface area (Å²) in [6.07, 6.45) is 4.88. The van der Waals surface area contributed by atoms with Crippen LogP contribution in [0.4, 0.5) is 0 Å². The Morgan fingerprint density at radius 3 is 2.41 bits per heavy atom. The smallest absolute Gasteiger partial charge is 0.245 e. The Morgan fingerprint density at radius 1 is 1.12 bits per heavy atom. The number of hydrogen-bond acceptors (Lipinski definition) is 0. The molecule has 1 nitrogen and oxygen atoms in total. The minimum atomic E-state index is 0. The zero-order valence-corrected chi connectivity index (χ0v) is 13.2. The fourth-order valence-corrected chi connectivity index (χ4v) is 2.35. The first-order valence-corrected chi connectivity index (χ1v) is 6.12. The summed E-state index contributed by atoms with van der Waals surface area (Å²) < 4.78 is 5.92. The topological polar surface area (TPSA) is 11.3 Å². The molecule has 1 aliphatic rings. The molecule has 0 saturated carbocycles. The van der Waals surface area contributed by atoms with Crippen molar-refractivity contribution in [1.82, 2.24) is 0 Å². The van der Waals surface area contributed by atoms with Crippen LogP contribution in [-0.4, -0.2) is 5.78 Å². The van der Waals surface area contributed by atoms with E-state index < -0.39 is 0 Å². The van der Waals surface area contributed by atoms with Crippen LogP contribution in [0.1, 0.15) is 48.9 Å². The Balaban J connectivity index is 0.00000144. The zero-order valence-electron chi connectivity index (χ0n) is 11.0. The van der Waals surface area contributed by atoms with Gasteiger partial charge in [0.15, 0.2) is 0 Å². The molecule has 0 heterocycles. The van der Waals surface area contributed by atoms with Gasteiger partial charge >= 0.3 is 22.4 Å². The molecule has 0 saturated heterocycles. The molecule has 96 valence electrons. The van der Waals surface area contributed by atoms with E-state index in [9.17, 15) is 0 Å². The van der Waals surface area contributed by atoms with Crippen LogP contribution in [-0.2, 0) is 39.6 Å². The van der Waals surface area contributed by atoms with Crippen molar-refractivity contribution in [3.05, 3.63) is 28.3 Å². The van der Waals surface area contributed by atoms with Gasteiger partial charge in [-0.25, -0.2) is 4.42 Å². The summed E-state index contributed by atoms with van der Waals surface area (Å²) in [7, 11) is 0. The third-order valence-electron chi connectivity index (χ3n) is 3.29. The molecule has 1 aliphatic carbocycles. The van der Waals surface area contributed by atoms with E-state index in [2.05, 4.69) is 19.9 Å². The molecule has 0 amide bonds. The Morgan fingerprint density at radius 2 is 1.76 bits per heavy atom. The van der Waals surface area contributed by atoms with Gasteiger partial charge in [-0.1, -0.05) is 45.1 Å². The van der Waals surface area contributed by atoms with Gasteiger partial charge in [0.05, 0.1) is 0 Å². The molecule has 17 heavy (non-hydrogen) atoms. The van der Waals surface area contributed by atoms with Crippen molar-refractivity contribution in [3.63, 3.8) is 0 Å². The molecule has 2 rings (SSSR count). The predicted molar refractivity (Wildman–Crippen MR) is 67.2 cm³/mol. The van der Waals surface area contributed by atoms with Gasteiger partial charge in [0.25, 0.3) is 11.5 Å². The minimum absolute atomic E-state index is 0. The predicted octanol–water partition coefficient (Wildman–Crippen LogP) is 3.84. The molecule has 0 unspecified atom stereocenters. The van der Waals surface area contributed by atoms with E-state index in [0.717, 1.165) is 24.4 Å². The third-order valence-corrected chi connectivity index (χ3v) is 3.29. The minimum Gasteiger partial charge on any atom is -0.245 e. The van der Waals surface area contributed by atoms with Crippen molar-refractivity contribution in [3.8, 4) is 5.75 Å². The van der Waals surface area contributed by atoms with Crippen LogP contribution in [0.25, 0.3) is 0 Å². The second-order valence-corrected chi connectivity index (χ2v) is 4.88. The maximum absolute atomic E-state index is 5.92. The maximum atomic E-state index is 5.92. The molecule has 0 fully saturated rings. The van der Waals surface area contributed by atoms with E-state index in [-0.39, 0.29) is 22.4 Å². The Labute approximate surface area is 120 Å². The molecular weight excluding hydrogens is 393 g/mol. The summed E-state index contributed by atoms with van der Waals surface area (Å²) in [5.74, 6) is 2.12. The molecule has 0 N–H and O–H groups in total. The summed E-state index contributed by atoms with van der Waals surface area (Å²) in [6, 6.07) is 3.52. The molecule has 0 bridgehead atoms. The van der Waals surface area contributed by atoms with Gasteiger partial charge < -0.3 is 0 Å². The maximum Gasteiger partial charge on any atom is 1.00 e. The molecule has 0 atom stereocenters. The van der Waals surface area contributed by atoms with Crippen LogP contribution in [0.15, 0.2) is 0 Å². The van der Waals surface area contributed by atoms with Crippen LogP contribution >= 0.6 is 0 Å². The first kappa shape index (κ1) is 14.7. The van der Waals surface area contributed by atoms with Crippen LogP contribution in [0, 0.1) is 19.9 Å². The molecule has 1 aromatic rings. The normalized spacial score (nSPS) is 13.6. The van der Waals surface area contributed by atoms with Gasteiger partial charge in [0.1, 0.15) is 0 Å². The number of aryl methyl sites for hydroxylation is 2. The van der Waals surface area contributed by atoms with Crippen LogP contribution in [0.5, 0.6) is 5.75 Å². The van der Waals surface area contributed by atoms with E-state index >= 15 is 0 Å². The standard InChI is InChI=1S/C15H20O.Au/c1-10(2)16-15-12(4)11(3)9-13-7-5-6-8-14(13)15;/h5-8H2,1-4H3;/q;+1. The van der Waals surface area contributed by atoms with Crippen molar-refractivity contribution < 1.29 is 26.8 Å². The number of carbonyl (C=O) groups excluding carboxylic acids is 1. The van der Waals surface area contributed by atoms with E-state index in [0.29, 0.717) is 0 Å². The van der Waals surface area contributed by atoms with Gasteiger partial charge in [-0.3, -0.25) is 0 Å². The third kappa shape index (κ3) is 3.10. The number of fused-ring (bicyclic) bond motifs is 1. The number of rotatable bonds is 1. The monoisotopic (exact) mass is 413 g/mol. The fourth-order valence-electron chi connectivity index (χ4n) is 2.35. The molecule has 0 spiro atoms. The SMILES string of the molecule is CC(C)=[O+]c1c(C)c(C)[c-]c2c1CCCC2.[Au+]. The van der Waals surface area contributed by atoms with Crippen LogP contribution < -0.4 is 0 Å². The van der Waals surface area contributed by atoms with E-state index in [1.165, 1.54) is 35.1 Å². The Bertz CT molecular complexity index is 443. The summed E-state index contributed by atoms with van der Waals surface area (Å²) in [5, 5.41) is 0. The van der Waals surface area contributed by atoms with E-state index in [1.54, 1.807) is 0 Å². The first-order chi connectivity index (χ1) is 7.59. The molecule has 0 radical (unpaired) electrons. The Hall–Kier alpha value is -0.370. The van der Waals surface area contributed by atoms with Crippen molar-refractivity contribution in [2.24, 2.45) is 0 Å². The Kier molecular flexibility index (Phi) is 5.18. The number of hydrogen-bond donors (Lipinski definition) is 0. The average Bonchev–Trinajstić information content (AvgIpc) is 2.24. The van der Waals surface area contributed by atoms with Crippen molar-refractivity contribution >= 4 is 5.78 Å². The van der Waals surface area contributed by atoms with Gasteiger partial charge in [0.2, 0.25) is 0 Å². The van der Waals surface area contributed by atoms with Crippen molar-refractivity contribution in [2.45, 2.75) is 53.4 Å².